The van der Waals surface area contributed by atoms with Gasteiger partial charge in [0.25, 0.3) is 0 Å². The monoisotopic (exact) mass is 373 g/mol. The lowest BCUT2D eigenvalue weighted by molar-refractivity contribution is -0.116. The smallest absolute Gasteiger partial charge is 0.224 e. The van der Waals surface area contributed by atoms with Crippen molar-refractivity contribution in [3.63, 3.8) is 0 Å². The van der Waals surface area contributed by atoms with Crippen LogP contribution in [0.15, 0.2) is 36.4 Å². The van der Waals surface area contributed by atoms with Crippen molar-refractivity contribution in [2.75, 3.05) is 18.5 Å². The van der Waals surface area contributed by atoms with Crippen LogP contribution in [0.25, 0.3) is 0 Å². The molecule has 0 bridgehead atoms. The molecule has 2 aromatic rings. The average molecular weight is 373 g/mol. The van der Waals surface area contributed by atoms with Gasteiger partial charge in [0.2, 0.25) is 5.91 Å². The van der Waals surface area contributed by atoms with Crippen molar-refractivity contribution in [1.82, 2.24) is 0 Å². The second kappa shape index (κ2) is 8.75. The SMILES string of the molecule is CCOc1cc2c(cc1NC(=O)CCCOc1ccccc1F)OC(C)C2. The normalized spacial score (nSPS) is 15.0. The van der Waals surface area contributed by atoms with E-state index in [0.717, 1.165) is 17.7 Å². The number of amides is 1. The van der Waals surface area contributed by atoms with Gasteiger partial charge in [-0.25, -0.2) is 4.39 Å². The van der Waals surface area contributed by atoms with E-state index in [9.17, 15) is 9.18 Å². The number of carbonyl (C=O) groups excluding carboxylic acids is 1. The number of rotatable bonds is 8. The second-order valence-electron chi connectivity index (χ2n) is 6.45. The van der Waals surface area contributed by atoms with E-state index in [1.165, 1.54) is 6.07 Å². The Hall–Kier alpha value is -2.76. The minimum absolute atomic E-state index is 0.121. The van der Waals surface area contributed by atoms with Crippen LogP contribution in [0.3, 0.4) is 0 Å². The molecule has 3 rings (SSSR count). The third-order valence-electron chi connectivity index (χ3n) is 4.21. The Morgan fingerprint density at radius 1 is 1.26 bits per heavy atom. The first-order valence-corrected chi connectivity index (χ1v) is 9.20. The number of hydrogen-bond acceptors (Lipinski definition) is 4. The predicted molar refractivity (Wildman–Crippen MR) is 101 cm³/mol. The number of para-hydroxylation sites is 1. The zero-order valence-corrected chi connectivity index (χ0v) is 15.6. The van der Waals surface area contributed by atoms with Gasteiger partial charge in [0.05, 0.1) is 18.9 Å². The molecule has 6 heteroatoms. The molecule has 5 nitrogen and oxygen atoms in total. The number of anilines is 1. The van der Waals surface area contributed by atoms with Crippen molar-refractivity contribution >= 4 is 11.6 Å². The zero-order valence-electron chi connectivity index (χ0n) is 15.6. The molecular weight excluding hydrogens is 349 g/mol. The maximum atomic E-state index is 13.5. The molecule has 1 atom stereocenters. The first kappa shape index (κ1) is 19.0. The molecule has 0 saturated carbocycles. The molecule has 1 unspecified atom stereocenters. The van der Waals surface area contributed by atoms with E-state index >= 15 is 0 Å². The molecule has 0 radical (unpaired) electrons. The summed E-state index contributed by atoms with van der Waals surface area (Å²) < 4.78 is 30.3. The number of nitrogens with one attached hydrogen (secondary N) is 1. The summed E-state index contributed by atoms with van der Waals surface area (Å²) in [6.45, 7) is 4.68. The fraction of sp³-hybridized carbons (Fsp3) is 0.381. The number of benzene rings is 2. The lowest BCUT2D eigenvalue weighted by atomic mass is 10.1. The first-order valence-electron chi connectivity index (χ1n) is 9.20. The van der Waals surface area contributed by atoms with E-state index in [4.69, 9.17) is 14.2 Å². The lowest BCUT2D eigenvalue weighted by Gasteiger charge is -2.13. The van der Waals surface area contributed by atoms with Crippen LogP contribution < -0.4 is 19.5 Å². The Labute approximate surface area is 158 Å². The fourth-order valence-corrected chi connectivity index (χ4v) is 3.00. The van der Waals surface area contributed by atoms with Gasteiger partial charge in [-0.2, -0.15) is 0 Å². The molecule has 1 amide bonds. The molecule has 1 aliphatic rings. The second-order valence-corrected chi connectivity index (χ2v) is 6.45. The van der Waals surface area contributed by atoms with Gasteiger partial charge >= 0.3 is 0 Å². The highest BCUT2D eigenvalue weighted by atomic mass is 19.1. The van der Waals surface area contributed by atoms with Crippen LogP contribution in [0.1, 0.15) is 32.3 Å². The lowest BCUT2D eigenvalue weighted by Crippen LogP contribution is -2.14. The maximum absolute atomic E-state index is 13.5. The van der Waals surface area contributed by atoms with Crippen molar-refractivity contribution in [3.8, 4) is 17.2 Å². The summed E-state index contributed by atoms with van der Waals surface area (Å²) in [4.78, 5) is 12.3. The predicted octanol–water partition coefficient (Wildman–Crippen LogP) is 4.35. The van der Waals surface area contributed by atoms with Crippen LogP contribution in [0, 0.1) is 5.82 Å². The Kier molecular flexibility index (Phi) is 6.16. The molecule has 144 valence electrons. The first-order chi connectivity index (χ1) is 13.1. The zero-order chi connectivity index (χ0) is 19.2. The summed E-state index contributed by atoms with van der Waals surface area (Å²) in [6.07, 6.45) is 1.68. The summed E-state index contributed by atoms with van der Waals surface area (Å²) in [5.41, 5.74) is 1.69. The van der Waals surface area contributed by atoms with Crippen LogP contribution in [-0.4, -0.2) is 25.2 Å². The van der Waals surface area contributed by atoms with Gasteiger partial charge < -0.3 is 19.5 Å². The van der Waals surface area contributed by atoms with Gasteiger partial charge in [0.1, 0.15) is 17.6 Å². The highest BCUT2D eigenvalue weighted by Gasteiger charge is 2.22. The molecule has 0 aliphatic carbocycles. The van der Waals surface area contributed by atoms with E-state index < -0.39 is 5.82 Å². The molecular formula is C21H24FNO4. The third kappa shape index (κ3) is 4.90. The van der Waals surface area contributed by atoms with Crippen molar-refractivity contribution < 1.29 is 23.4 Å². The van der Waals surface area contributed by atoms with Gasteiger partial charge in [-0.3, -0.25) is 4.79 Å². The van der Waals surface area contributed by atoms with Crippen LogP contribution in [-0.2, 0) is 11.2 Å². The maximum Gasteiger partial charge on any atom is 0.224 e. The van der Waals surface area contributed by atoms with Crippen LogP contribution in [0.2, 0.25) is 0 Å². The topological polar surface area (TPSA) is 56.8 Å². The van der Waals surface area contributed by atoms with Crippen LogP contribution in [0.4, 0.5) is 10.1 Å². The molecule has 2 aromatic carbocycles. The van der Waals surface area contributed by atoms with E-state index in [1.807, 2.05) is 26.0 Å². The number of fused-ring (bicyclic) bond motifs is 1. The van der Waals surface area contributed by atoms with Gasteiger partial charge in [-0.1, -0.05) is 12.1 Å². The molecule has 1 heterocycles. The molecule has 0 aromatic heterocycles. The van der Waals surface area contributed by atoms with Crippen molar-refractivity contribution in [3.05, 3.63) is 47.8 Å². The highest BCUT2D eigenvalue weighted by Crippen LogP contribution is 2.38. The summed E-state index contributed by atoms with van der Waals surface area (Å²) in [7, 11) is 0. The summed E-state index contributed by atoms with van der Waals surface area (Å²) in [5, 5.41) is 2.88. The Morgan fingerprint density at radius 2 is 2.07 bits per heavy atom. The minimum Gasteiger partial charge on any atom is -0.492 e. The standard InChI is InChI=1S/C21H24FNO4/c1-3-25-20-12-15-11-14(2)27-19(15)13-17(20)23-21(24)9-6-10-26-18-8-5-4-7-16(18)22/h4-5,7-8,12-14H,3,6,9-11H2,1-2H3,(H,23,24). The van der Waals surface area contributed by atoms with Gasteiger partial charge in [-0.05, 0) is 38.5 Å². The summed E-state index contributed by atoms with van der Waals surface area (Å²) in [5.74, 6) is 1.06. The van der Waals surface area contributed by atoms with E-state index in [-0.39, 0.29) is 30.8 Å². The number of carbonyl (C=O) groups is 1. The molecule has 1 aliphatic heterocycles. The Bertz CT molecular complexity index is 809. The summed E-state index contributed by atoms with van der Waals surface area (Å²) >= 11 is 0. The minimum atomic E-state index is -0.407. The van der Waals surface area contributed by atoms with Crippen molar-refractivity contribution in [2.45, 2.75) is 39.2 Å². The number of ether oxygens (including phenoxy) is 3. The highest BCUT2D eigenvalue weighted by molar-refractivity contribution is 5.92. The van der Waals surface area contributed by atoms with E-state index in [2.05, 4.69) is 5.32 Å². The molecule has 0 saturated heterocycles. The third-order valence-corrected chi connectivity index (χ3v) is 4.21. The van der Waals surface area contributed by atoms with E-state index in [0.29, 0.717) is 24.5 Å². The number of halogens is 1. The van der Waals surface area contributed by atoms with Gasteiger partial charge in [0.15, 0.2) is 11.6 Å². The molecule has 1 N–H and O–H groups in total. The van der Waals surface area contributed by atoms with Crippen LogP contribution in [0.5, 0.6) is 17.2 Å². The molecule has 27 heavy (non-hydrogen) atoms. The van der Waals surface area contributed by atoms with Crippen molar-refractivity contribution in [1.29, 1.82) is 0 Å². The largest absolute Gasteiger partial charge is 0.492 e. The van der Waals surface area contributed by atoms with Gasteiger partial charge in [0, 0.05) is 24.5 Å². The molecule has 0 fully saturated rings. The Balaban J connectivity index is 1.54. The van der Waals surface area contributed by atoms with Gasteiger partial charge in [-0.15, -0.1) is 0 Å². The molecule has 0 spiro atoms. The Morgan fingerprint density at radius 3 is 2.85 bits per heavy atom. The number of hydrogen-bond donors (Lipinski definition) is 1. The summed E-state index contributed by atoms with van der Waals surface area (Å²) in [6, 6.07) is 9.96. The van der Waals surface area contributed by atoms with Crippen molar-refractivity contribution in [2.24, 2.45) is 0 Å². The fourth-order valence-electron chi connectivity index (χ4n) is 3.00. The quantitative estimate of drug-likeness (QED) is 0.699. The van der Waals surface area contributed by atoms with Crippen LogP contribution >= 0.6 is 0 Å². The average Bonchev–Trinajstić information content (AvgIpc) is 2.99. The van der Waals surface area contributed by atoms with E-state index in [1.54, 1.807) is 18.2 Å².